The van der Waals surface area contributed by atoms with Crippen LogP contribution in [0.15, 0.2) is 42.5 Å². The summed E-state index contributed by atoms with van der Waals surface area (Å²) in [6.45, 7) is 3.88. The maximum absolute atomic E-state index is 13.4. The minimum absolute atomic E-state index is 0.148. The first-order valence-corrected chi connectivity index (χ1v) is 12.5. The zero-order chi connectivity index (χ0) is 26.2. The van der Waals surface area contributed by atoms with Gasteiger partial charge in [0, 0.05) is 18.4 Å². The van der Waals surface area contributed by atoms with E-state index in [9.17, 15) is 19.6 Å². The third kappa shape index (κ3) is 7.24. The van der Waals surface area contributed by atoms with Gasteiger partial charge in [0.2, 0.25) is 11.8 Å². The number of carbonyl (C=O) groups excluding carboxylic acids is 2. The number of methoxy groups -OCH3 is 2. The number of amides is 2. The van der Waals surface area contributed by atoms with Crippen molar-refractivity contribution >= 4 is 18.9 Å². The van der Waals surface area contributed by atoms with Crippen LogP contribution >= 0.6 is 0 Å². The second kappa shape index (κ2) is 12.8. The Morgan fingerprint density at radius 1 is 1.08 bits per heavy atom. The topological polar surface area (TPSA) is 117 Å². The average Bonchev–Trinajstić information content (AvgIpc) is 2.86. The van der Waals surface area contributed by atoms with E-state index in [0.29, 0.717) is 31.4 Å². The number of nitrogens with one attached hydrogen (secondary N) is 2. The highest BCUT2D eigenvalue weighted by Gasteiger charge is 2.33. The Labute approximate surface area is 213 Å². The molecular formula is C27H37BN2O6. The number of aryl methyl sites for hydroxylation is 1. The average molecular weight is 496 g/mol. The molecule has 0 saturated heterocycles. The Kier molecular flexibility index (Phi) is 9.78. The molecule has 0 bridgehead atoms. The highest BCUT2D eigenvalue weighted by Crippen LogP contribution is 2.36. The molecule has 3 rings (SSSR count). The highest BCUT2D eigenvalue weighted by molar-refractivity contribution is 6.43. The van der Waals surface area contributed by atoms with Crippen LogP contribution in [0.3, 0.4) is 0 Å². The molecule has 0 radical (unpaired) electrons. The Morgan fingerprint density at radius 3 is 2.42 bits per heavy atom. The molecule has 3 atom stereocenters. The molecule has 0 fully saturated rings. The molecule has 0 heterocycles. The predicted octanol–water partition coefficient (Wildman–Crippen LogP) is 2.08. The van der Waals surface area contributed by atoms with Crippen molar-refractivity contribution in [3.8, 4) is 11.5 Å². The van der Waals surface area contributed by atoms with Gasteiger partial charge in [-0.15, -0.1) is 0 Å². The minimum Gasteiger partial charge on any atom is -0.497 e. The smallest absolute Gasteiger partial charge is 0.475 e. The van der Waals surface area contributed by atoms with Gasteiger partial charge in [-0.3, -0.25) is 9.59 Å². The standard InChI is InChI=1S/C27H37BN2O6/c1-17(2)12-25(28(33)34)30-27(32)23(13-18-8-6-5-7-9-18)29-26(31)20-11-10-19-14-21(35-3)16-24(36-4)22(19)15-20/h5-9,14,16-17,20,23,25,33-34H,10-13,15H2,1-4H3,(H,29,31)(H,30,32). The SMILES string of the molecule is COc1cc2c(c(OC)c1)CC(C(=O)NC(Cc1ccccc1)C(=O)NC(CC(C)C)B(O)O)CC2. The van der Waals surface area contributed by atoms with Crippen molar-refractivity contribution in [1.29, 1.82) is 0 Å². The maximum atomic E-state index is 13.4. The summed E-state index contributed by atoms with van der Waals surface area (Å²) in [5, 5.41) is 25.2. The first-order chi connectivity index (χ1) is 17.2. The lowest BCUT2D eigenvalue weighted by molar-refractivity contribution is -0.131. The van der Waals surface area contributed by atoms with E-state index in [1.807, 2.05) is 56.3 Å². The van der Waals surface area contributed by atoms with Gasteiger partial charge < -0.3 is 30.2 Å². The monoisotopic (exact) mass is 496 g/mol. The molecule has 194 valence electrons. The fourth-order valence-electron chi connectivity index (χ4n) is 4.73. The zero-order valence-electron chi connectivity index (χ0n) is 21.5. The minimum atomic E-state index is -1.69. The Balaban J connectivity index is 1.77. The molecule has 36 heavy (non-hydrogen) atoms. The van der Waals surface area contributed by atoms with E-state index in [2.05, 4.69) is 10.6 Å². The molecule has 0 saturated carbocycles. The summed E-state index contributed by atoms with van der Waals surface area (Å²) >= 11 is 0. The second-order valence-electron chi connectivity index (χ2n) is 9.82. The first kappa shape index (κ1) is 27.6. The van der Waals surface area contributed by atoms with E-state index in [4.69, 9.17) is 9.47 Å². The van der Waals surface area contributed by atoms with Crippen LogP contribution in [0.2, 0.25) is 0 Å². The van der Waals surface area contributed by atoms with Gasteiger partial charge in [-0.2, -0.15) is 0 Å². The molecule has 3 unspecified atom stereocenters. The van der Waals surface area contributed by atoms with Gasteiger partial charge in [0.05, 0.1) is 20.2 Å². The van der Waals surface area contributed by atoms with Crippen LogP contribution in [-0.2, 0) is 28.9 Å². The van der Waals surface area contributed by atoms with Crippen LogP contribution in [0.5, 0.6) is 11.5 Å². The molecule has 1 aliphatic rings. The van der Waals surface area contributed by atoms with Crippen molar-refractivity contribution < 1.29 is 29.1 Å². The lowest BCUT2D eigenvalue weighted by Gasteiger charge is -2.28. The second-order valence-corrected chi connectivity index (χ2v) is 9.82. The summed E-state index contributed by atoms with van der Waals surface area (Å²) in [5.41, 5.74) is 2.97. The quantitative estimate of drug-likeness (QED) is 0.354. The first-order valence-electron chi connectivity index (χ1n) is 12.5. The molecule has 0 spiro atoms. The molecular weight excluding hydrogens is 459 g/mol. The number of rotatable bonds is 11. The van der Waals surface area contributed by atoms with Crippen molar-refractivity contribution in [1.82, 2.24) is 10.6 Å². The molecule has 2 aromatic rings. The fourth-order valence-corrected chi connectivity index (χ4v) is 4.73. The van der Waals surface area contributed by atoms with Crippen molar-refractivity contribution in [2.75, 3.05) is 14.2 Å². The molecule has 0 aromatic heterocycles. The van der Waals surface area contributed by atoms with Gasteiger partial charge in [-0.05, 0) is 54.4 Å². The van der Waals surface area contributed by atoms with Gasteiger partial charge in [0.15, 0.2) is 0 Å². The molecule has 0 aliphatic heterocycles. The Bertz CT molecular complexity index is 1010. The highest BCUT2D eigenvalue weighted by atomic mass is 16.5. The lowest BCUT2D eigenvalue weighted by atomic mass is 9.75. The van der Waals surface area contributed by atoms with Crippen molar-refractivity contribution in [2.24, 2.45) is 11.8 Å². The van der Waals surface area contributed by atoms with Gasteiger partial charge >= 0.3 is 7.12 Å². The molecule has 9 heteroatoms. The zero-order valence-corrected chi connectivity index (χ0v) is 21.5. The van der Waals surface area contributed by atoms with Crippen LogP contribution in [0.1, 0.15) is 43.4 Å². The Morgan fingerprint density at radius 2 is 1.81 bits per heavy atom. The summed E-state index contributed by atoms with van der Waals surface area (Å²) in [7, 11) is 1.52. The van der Waals surface area contributed by atoms with Crippen LogP contribution in [0.4, 0.5) is 0 Å². The van der Waals surface area contributed by atoms with E-state index >= 15 is 0 Å². The summed E-state index contributed by atoms with van der Waals surface area (Å²) in [4.78, 5) is 26.6. The van der Waals surface area contributed by atoms with Gasteiger partial charge in [0.1, 0.15) is 17.5 Å². The molecule has 8 nitrogen and oxygen atoms in total. The van der Waals surface area contributed by atoms with Gasteiger partial charge in [-0.25, -0.2) is 0 Å². The number of ether oxygens (including phenoxy) is 2. The summed E-state index contributed by atoms with van der Waals surface area (Å²) < 4.78 is 10.9. The van der Waals surface area contributed by atoms with Crippen LogP contribution in [-0.4, -0.2) is 55.2 Å². The van der Waals surface area contributed by atoms with Crippen LogP contribution < -0.4 is 20.1 Å². The molecule has 2 amide bonds. The van der Waals surface area contributed by atoms with Crippen molar-refractivity contribution in [3.05, 3.63) is 59.2 Å². The van der Waals surface area contributed by atoms with E-state index in [1.54, 1.807) is 14.2 Å². The number of fused-ring (bicyclic) bond motifs is 1. The van der Waals surface area contributed by atoms with Crippen LogP contribution in [0, 0.1) is 11.8 Å². The number of hydrogen-bond acceptors (Lipinski definition) is 6. The summed E-state index contributed by atoms with van der Waals surface area (Å²) in [5.74, 6) is -0.238. The predicted molar refractivity (Wildman–Crippen MR) is 139 cm³/mol. The number of carbonyl (C=O) groups is 2. The normalized spacial score (nSPS) is 16.5. The number of hydrogen-bond donors (Lipinski definition) is 4. The van der Waals surface area contributed by atoms with E-state index in [0.717, 1.165) is 22.4 Å². The van der Waals surface area contributed by atoms with Gasteiger partial charge in [0.25, 0.3) is 0 Å². The van der Waals surface area contributed by atoms with Gasteiger partial charge in [-0.1, -0.05) is 44.2 Å². The maximum Gasteiger partial charge on any atom is 0.475 e. The number of benzene rings is 2. The van der Waals surface area contributed by atoms with Crippen molar-refractivity contribution in [2.45, 2.75) is 57.9 Å². The summed E-state index contributed by atoms with van der Waals surface area (Å²) in [6, 6.07) is 12.4. The fraction of sp³-hybridized carbons (Fsp3) is 0.481. The van der Waals surface area contributed by atoms with E-state index < -0.39 is 25.0 Å². The molecule has 4 N–H and O–H groups in total. The van der Waals surface area contributed by atoms with Crippen LogP contribution in [0.25, 0.3) is 0 Å². The molecule has 2 aromatic carbocycles. The van der Waals surface area contributed by atoms with E-state index in [-0.39, 0.29) is 24.2 Å². The largest absolute Gasteiger partial charge is 0.497 e. The lowest BCUT2D eigenvalue weighted by Crippen LogP contribution is -2.55. The van der Waals surface area contributed by atoms with E-state index in [1.165, 1.54) is 0 Å². The third-order valence-corrected chi connectivity index (χ3v) is 6.64. The molecule has 1 aliphatic carbocycles. The third-order valence-electron chi connectivity index (χ3n) is 6.64. The van der Waals surface area contributed by atoms with Crippen molar-refractivity contribution in [3.63, 3.8) is 0 Å². The summed E-state index contributed by atoms with van der Waals surface area (Å²) in [6.07, 6.45) is 2.53. The Hall–Kier alpha value is -3.04.